The van der Waals surface area contributed by atoms with Crippen LogP contribution in [-0.2, 0) is 18.5 Å². The van der Waals surface area contributed by atoms with Gasteiger partial charge in [0.15, 0.2) is 10.3 Å². The van der Waals surface area contributed by atoms with E-state index in [4.69, 9.17) is 0 Å². The highest BCUT2D eigenvalue weighted by Gasteiger charge is 2.43. The van der Waals surface area contributed by atoms with E-state index in [0.29, 0.717) is 5.41 Å². The number of hydrogen-bond acceptors (Lipinski definition) is 6. The second-order valence-corrected chi connectivity index (χ2v) is 10.6. The molecule has 0 N–H and O–H groups in total. The lowest BCUT2D eigenvalue weighted by Gasteiger charge is -2.26. The number of pyridine rings is 1. The van der Waals surface area contributed by atoms with E-state index in [0.717, 1.165) is 36.3 Å². The summed E-state index contributed by atoms with van der Waals surface area (Å²) in [4.78, 5) is 15.9. The number of nitrogens with zero attached hydrogens (tertiary/aromatic N) is 6. The van der Waals surface area contributed by atoms with Gasteiger partial charge in [-0.1, -0.05) is 0 Å². The average molecular weight is 487 g/mol. The Bertz CT molecular complexity index is 1240. The quantitative estimate of drug-likeness (QED) is 0.254. The summed E-state index contributed by atoms with van der Waals surface area (Å²) >= 11 is 3.34. The minimum atomic E-state index is 0.301. The Morgan fingerprint density at radius 2 is 1.38 bits per heavy atom. The van der Waals surface area contributed by atoms with Crippen LogP contribution in [0, 0.1) is 0 Å². The molecule has 0 amide bonds. The van der Waals surface area contributed by atoms with Gasteiger partial charge in [-0.05, 0) is 73.2 Å². The van der Waals surface area contributed by atoms with Crippen LogP contribution >= 0.6 is 22.7 Å². The molecule has 6 nitrogen and oxygen atoms in total. The molecule has 1 aliphatic carbocycles. The molecule has 1 aliphatic rings. The number of aromatic nitrogens is 5. The molecule has 0 bridgehead atoms. The highest BCUT2D eigenvalue weighted by atomic mass is 32.1. The largest absolute Gasteiger partial charge is 0.296 e. The second kappa shape index (κ2) is 9.29. The third-order valence-electron chi connectivity index (χ3n) is 6.74. The summed E-state index contributed by atoms with van der Waals surface area (Å²) in [7, 11) is 0. The molecule has 1 saturated carbocycles. The molecular formula is C26H26N6S2. The number of rotatable bonds is 10. The predicted molar refractivity (Wildman–Crippen MR) is 137 cm³/mol. The van der Waals surface area contributed by atoms with Crippen molar-refractivity contribution in [1.82, 2.24) is 29.0 Å². The SMILES string of the molecule is c1cc(CN(CCC2(c3ccncc3)CC2)Cc2cccn2-c2nccs2)n(-c2nccs2)c1. The van der Waals surface area contributed by atoms with E-state index in [-0.39, 0.29) is 0 Å². The van der Waals surface area contributed by atoms with Crippen LogP contribution in [0.2, 0.25) is 0 Å². The van der Waals surface area contributed by atoms with Crippen molar-refractivity contribution < 1.29 is 0 Å². The zero-order valence-electron chi connectivity index (χ0n) is 18.8. The van der Waals surface area contributed by atoms with Gasteiger partial charge in [0.05, 0.1) is 0 Å². The highest BCUT2D eigenvalue weighted by Crippen LogP contribution is 2.51. The van der Waals surface area contributed by atoms with E-state index >= 15 is 0 Å². The van der Waals surface area contributed by atoms with Crippen molar-refractivity contribution in [2.24, 2.45) is 0 Å². The van der Waals surface area contributed by atoms with Crippen LogP contribution in [0.5, 0.6) is 0 Å². The van der Waals surface area contributed by atoms with Crippen LogP contribution in [0.3, 0.4) is 0 Å². The average Bonchev–Trinajstić information content (AvgIpc) is 3.44. The Morgan fingerprint density at radius 1 is 0.794 bits per heavy atom. The van der Waals surface area contributed by atoms with Gasteiger partial charge in [0.25, 0.3) is 0 Å². The normalized spacial score (nSPS) is 14.6. The lowest BCUT2D eigenvalue weighted by molar-refractivity contribution is 0.235. The third kappa shape index (κ3) is 4.36. The topological polar surface area (TPSA) is 51.8 Å². The third-order valence-corrected chi connectivity index (χ3v) is 8.28. The van der Waals surface area contributed by atoms with Crippen molar-refractivity contribution in [2.45, 2.75) is 37.8 Å². The molecule has 172 valence electrons. The monoisotopic (exact) mass is 486 g/mol. The Morgan fingerprint density at radius 3 is 1.88 bits per heavy atom. The van der Waals surface area contributed by atoms with E-state index in [1.165, 1.54) is 29.8 Å². The molecule has 6 rings (SSSR count). The molecule has 5 heterocycles. The molecule has 8 heteroatoms. The van der Waals surface area contributed by atoms with E-state index in [1.807, 2.05) is 35.5 Å². The van der Waals surface area contributed by atoms with Gasteiger partial charge in [0.1, 0.15) is 0 Å². The molecule has 1 fully saturated rings. The van der Waals surface area contributed by atoms with Crippen molar-refractivity contribution in [1.29, 1.82) is 0 Å². The molecule has 0 atom stereocenters. The van der Waals surface area contributed by atoms with Crippen molar-refractivity contribution >= 4 is 22.7 Å². The van der Waals surface area contributed by atoms with Crippen LogP contribution < -0.4 is 0 Å². The lowest BCUT2D eigenvalue weighted by atomic mass is 9.93. The van der Waals surface area contributed by atoms with Crippen LogP contribution in [0.15, 0.2) is 84.3 Å². The summed E-state index contributed by atoms with van der Waals surface area (Å²) in [5, 5.41) is 6.09. The molecule has 0 radical (unpaired) electrons. The number of hydrogen-bond donors (Lipinski definition) is 0. The van der Waals surface area contributed by atoms with Gasteiger partial charge in [-0.3, -0.25) is 19.0 Å². The summed E-state index contributed by atoms with van der Waals surface area (Å²) in [6.45, 7) is 2.75. The Labute approximate surface area is 207 Å². The van der Waals surface area contributed by atoms with E-state index < -0.39 is 0 Å². The first kappa shape index (κ1) is 21.5. The minimum absolute atomic E-state index is 0.301. The molecule has 5 aromatic rings. The first-order chi connectivity index (χ1) is 16.8. The summed E-state index contributed by atoms with van der Waals surface area (Å²) < 4.78 is 4.43. The summed E-state index contributed by atoms with van der Waals surface area (Å²) in [5.74, 6) is 0. The van der Waals surface area contributed by atoms with Crippen LogP contribution in [0.4, 0.5) is 0 Å². The Hall–Kier alpha value is -3.07. The van der Waals surface area contributed by atoms with Crippen molar-refractivity contribution in [3.8, 4) is 10.3 Å². The predicted octanol–water partition coefficient (Wildman–Crippen LogP) is 5.70. The fraction of sp³-hybridized carbons (Fsp3) is 0.269. The fourth-order valence-electron chi connectivity index (χ4n) is 4.72. The second-order valence-electron chi connectivity index (χ2n) is 8.85. The van der Waals surface area contributed by atoms with E-state index in [1.54, 1.807) is 22.7 Å². The van der Waals surface area contributed by atoms with Crippen LogP contribution in [-0.4, -0.2) is 35.5 Å². The molecule has 0 unspecified atom stereocenters. The van der Waals surface area contributed by atoms with Crippen molar-refractivity contribution in [2.75, 3.05) is 6.54 Å². The molecule has 0 saturated heterocycles. The Kier molecular flexibility index (Phi) is 5.86. The van der Waals surface area contributed by atoms with Crippen LogP contribution in [0.1, 0.15) is 36.2 Å². The molecule has 34 heavy (non-hydrogen) atoms. The summed E-state index contributed by atoms with van der Waals surface area (Å²) in [5.41, 5.74) is 4.25. The van der Waals surface area contributed by atoms with Gasteiger partial charge >= 0.3 is 0 Å². The molecular weight excluding hydrogens is 460 g/mol. The van der Waals surface area contributed by atoms with Gasteiger partial charge in [-0.25, -0.2) is 9.97 Å². The highest BCUT2D eigenvalue weighted by molar-refractivity contribution is 7.12. The van der Waals surface area contributed by atoms with Crippen LogP contribution in [0.25, 0.3) is 10.3 Å². The molecule has 5 aromatic heterocycles. The molecule has 0 aliphatic heterocycles. The zero-order valence-corrected chi connectivity index (χ0v) is 20.5. The molecule has 0 spiro atoms. The van der Waals surface area contributed by atoms with Gasteiger partial charge in [-0.2, -0.15) is 0 Å². The van der Waals surface area contributed by atoms with Gasteiger partial charge in [-0.15, -0.1) is 22.7 Å². The first-order valence-electron chi connectivity index (χ1n) is 11.6. The summed E-state index contributed by atoms with van der Waals surface area (Å²) in [6.07, 6.45) is 15.5. The maximum atomic E-state index is 4.53. The first-order valence-corrected chi connectivity index (χ1v) is 13.3. The number of thiazole rings is 2. The van der Waals surface area contributed by atoms with Crippen molar-refractivity contribution in [3.05, 3.63) is 101 Å². The van der Waals surface area contributed by atoms with Crippen molar-refractivity contribution in [3.63, 3.8) is 0 Å². The van der Waals surface area contributed by atoms with E-state index in [9.17, 15) is 0 Å². The summed E-state index contributed by atoms with van der Waals surface area (Å²) in [6, 6.07) is 13.0. The van der Waals surface area contributed by atoms with Gasteiger partial charge < -0.3 is 0 Å². The smallest absolute Gasteiger partial charge is 0.193 e. The van der Waals surface area contributed by atoms with Gasteiger partial charge in [0, 0.05) is 72.4 Å². The minimum Gasteiger partial charge on any atom is -0.296 e. The fourth-order valence-corrected chi connectivity index (χ4v) is 6.03. The maximum Gasteiger partial charge on any atom is 0.193 e. The zero-order chi connectivity index (χ0) is 22.8. The van der Waals surface area contributed by atoms with Gasteiger partial charge in [0.2, 0.25) is 0 Å². The van der Waals surface area contributed by atoms with E-state index in [2.05, 4.69) is 77.8 Å². The lowest BCUT2D eigenvalue weighted by Crippen LogP contribution is -2.28. The molecule has 0 aromatic carbocycles. The maximum absolute atomic E-state index is 4.53. The standard InChI is InChI=1S/C26H26N6S2/c1-3-22(31(14-1)24-28-12-17-33-24)19-30(16-9-26(7-8-26)21-5-10-27-11-6-21)20-23-4-2-15-32(23)25-29-13-18-34-25/h1-6,10-15,17-18H,7-9,16,19-20H2. The Balaban J connectivity index is 1.26.